The van der Waals surface area contributed by atoms with Crippen molar-refractivity contribution in [1.82, 2.24) is 9.97 Å². The second-order valence-corrected chi connectivity index (χ2v) is 6.14. The van der Waals surface area contributed by atoms with Gasteiger partial charge in [-0.05, 0) is 50.2 Å². The standard InChI is InChI=1S/C21H20N4O2/c1-14(26)16-9-11-17(12-10-16)24-20-13-19(22-15(2)23-20)21(27)25(3)18-7-5-4-6-8-18/h4-13H,1-3H3,(H,22,23,24). The van der Waals surface area contributed by atoms with Gasteiger partial charge in [0.2, 0.25) is 0 Å². The number of hydrogen-bond donors (Lipinski definition) is 1. The molecule has 0 fully saturated rings. The topological polar surface area (TPSA) is 75.2 Å². The maximum absolute atomic E-state index is 12.8. The van der Waals surface area contributed by atoms with Gasteiger partial charge in [-0.15, -0.1) is 0 Å². The van der Waals surface area contributed by atoms with Crippen LogP contribution in [0.2, 0.25) is 0 Å². The van der Waals surface area contributed by atoms with Gasteiger partial charge in [0.05, 0.1) is 0 Å². The number of carbonyl (C=O) groups excluding carboxylic acids is 2. The van der Waals surface area contributed by atoms with Gasteiger partial charge >= 0.3 is 0 Å². The van der Waals surface area contributed by atoms with Crippen LogP contribution in [-0.4, -0.2) is 28.7 Å². The van der Waals surface area contributed by atoms with Gasteiger partial charge in [-0.3, -0.25) is 9.59 Å². The van der Waals surface area contributed by atoms with E-state index in [0.717, 1.165) is 11.4 Å². The van der Waals surface area contributed by atoms with Crippen LogP contribution in [-0.2, 0) is 0 Å². The summed E-state index contributed by atoms with van der Waals surface area (Å²) in [4.78, 5) is 34.3. The molecule has 0 aliphatic heterocycles. The number of aromatic nitrogens is 2. The molecule has 1 aromatic heterocycles. The van der Waals surface area contributed by atoms with E-state index in [1.807, 2.05) is 30.3 Å². The molecule has 6 heteroatoms. The lowest BCUT2D eigenvalue weighted by Crippen LogP contribution is -2.27. The second kappa shape index (κ2) is 7.78. The first-order valence-corrected chi connectivity index (χ1v) is 8.51. The molecule has 136 valence electrons. The molecule has 27 heavy (non-hydrogen) atoms. The fourth-order valence-corrected chi connectivity index (χ4v) is 2.62. The van der Waals surface area contributed by atoms with Crippen molar-refractivity contribution in [3.8, 4) is 0 Å². The zero-order valence-electron chi connectivity index (χ0n) is 15.4. The molecular formula is C21H20N4O2. The highest BCUT2D eigenvalue weighted by molar-refractivity contribution is 6.04. The highest BCUT2D eigenvalue weighted by Crippen LogP contribution is 2.19. The number of hydrogen-bond acceptors (Lipinski definition) is 5. The van der Waals surface area contributed by atoms with E-state index in [2.05, 4.69) is 15.3 Å². The average molecular weight is 360 g/mol. The molecule has 0 aliphatic rings. The Morgan fingerprint density at radius 2 is 1.63 bits per heavy atom. The first kappa shape index (κ1) is 18.3. The molecule has 1 N–H and O–H groups in total. The minimum atomic E-state index is -0.221. The van der Waals surface area contributed by atoms with E-state index in [9.17, 15) is 9.59 Å². The largest absolute Gasteiger partial charge is 0.340 e. The number of anilines is 3. The van der Waals surface area contributed by atoms with Crippen molar-refractivity contribution >= 4 is 28.9 Å². The lowest BCUT2D eigenvalue weighted by atomic mass is 10.1. The van der Waals surface area contributed by atoms with E-state index in [1.165, 1.54) is 6.92 Å². The molecule has 1 amide bonds. The first-order valence-electron chi connectivity index (χ1n) is 8.51. The number of benzene rings is 2. The molecule has 0 aliphatic carbocycles. The first-order chi connectivity index (χ1) is 12.9. The number of ketones is 1. The minimum absolute atomic E-state index is 0.0104. The van der Waals surface area contributed by atoms with Crippen LogP contribution in [0.5, 0.6) is 0 Å². The fourth-order valence-electron chi connectivity index (χ4n) is 2.62. The van der Waals surface area contributed by atoms with Gasteiger partial charge in [0.1, 0.15) is 17.3 Å². The Morgan fingerprint density at radius 1 is 0.963 bits per heavy atom. The van der Waals surface area contributed by atoms with E-state index in [-0.39, 0.29) is 11.7 Å². The highest BCUT2D eigenvalue weighted by Gasteiger charge is 2.16. The number of nitrogens with zero attached hydrogens (tertiary/aromatic N) is 3. The highest BCUT2D eigenvalue weighted by atomic mass is 16.2. The third-order valence-electron chi connectivity index (χ3n) is 4.07. The van der Waals surface area contributed by atoms with E-state index >= 15 is 0 Å². The van der Waals surface area contributed by atoms with Crippen molar-refractivity contribution < 1.29 is 9.59 Å². The van der Waals surface area contributed by atoms with Crippen molar-refractivity contribution in [2.45, 2.75) is 13.8 Å². The van der Waals surface area contributed by atoms with Crippen LogP contribution in [0.25, 0.3) is 0 Å². The van der Waals surface area contributed by atoms with Gasteiger partial charge in [-0.25, -0.2) is 9.97 Å². The molecule has 0 spiro atoms. The van der Waals surface area contributed by atoms with Gasteiger partial charge in [0, 0.05) is 30.1 Å². The zero-order chi connectivity index (χ0) is 19.4. The van der Waals surface area contributed by atoms with Gasteiger partial charge in [-0.2, -0.15) is 0 Å². The SMILES string of the molecule is CC(=O)c1ccc(Nc2cc(C(=O)N(C)c3ccccc3)nc(C)n2)cc1. The predicted octanol–water partition coefficient (Wildman–Crippen LogP) is 4.01. The summed E-state index contributed by atoms with van der Waals surface area (Å²) in [7, 11) is 1.71. The minimum Gasteiger partial charge on any atom is -0.340 e. The van der Waals surface area contributed by atoms with Crippen LogP contribution in [0.3, 0.4) is 0 Å². The Hall–Kier alpha value is -3.54. The van der Waals surface area contributed by atoms with E-state index in [4.69, 9.17) is 0 Å². The Balaban J connectivity index is 1.83. The molecule has 0 unspecified atom stereocenters. The zero-order valence-corrected chi connectivity index (χ0v) is 15.4. The summed E-state index contributed by atoms with van der Waals surface area (Å²) in [6.07, 6.45) is 0. The Labute approximate surface area is 157 Å². The second-order valence-electron chi connectivity index (χ2n) is 6.14. The summed E-state index contributed by atoms with van der Waals surface area (Å²) >= 11 is 0. The van der Waals surface area contributed by atoms with Gasteiger partial charge in [0.25, 0.3) is 5.91 Å². The molecular weight excluding hydrogens is 340 g/mol. The molecule has 0 saturated heterocycles. The van der Waals surface area contributed by atoms with Crippen LogP contribution in [0.1, 0.15) is 33.6 Å². The van der Waals surface area contributed by atoms with Crippen molar-refractivity contribution in [2.24, 2.45) is 0 Å². The average Bonchev–Trinajstić information content (AvgIpc) is 2.67. The van der Waals surface area contributed by atoms with Crippen LogP contribution in [0.4, 0.5) is 17.2 Å². The Bertz CT molecular complexity index is 969. The molecule has 2 aromatic carbocycles. The molecule has 0 radical (unpaired) electrons. The van der Waals surface area contributed by atoms with Crippen molar-refractivity contribution in [3.05, 3.63) is 77.7 Å². The maximum Gasteiger partial charge on any atom is 0.276 e. The number of nitrogens with one attached hydrogen (secondary N) is 1. The molecule has 0 saturated carbocycles. The summed E-state index contributed by atoms with van der Waals surface area (Å²) < 4.78 is 0. The summed E-state index contributed by atoms with van der Waals surface area (Å²) in [5, 5.41) is 3.15. The lowest BCUT2D eigenvalue weighted by Gasteiger charge is -2.17. The number of rotatable bonds is 5. The van der Waals surface area contributed by atoms with E-state index in [1.54, 1.807) is 49.2 Å². The number of Topliss-reactive ketones (excluding diaryl/α,β-unsaturated/α-hetero) is 1. The summed E-state index contributed by atoms with van der Waals surface area (Å²) in [5.74, 6) is 0.797. The smallest absolute Gasteiger partial charge is 0.276 e. The number of carbonyl (C=O) groups is 2. The Kier molecular flexibility index (Phi) is 5.26. The predicted molar refractivity (Wildman–Crippen MR) is 106 cm³/mol. The number of aryl methyl sites for hydroxylation is 1. The van der Waals surface area contributed by atoms with Gasteiger partial charge in [0.15, 0.2) is 5.78 Å². The van der Waals surface area contributed by atoms with Crippen LogP contribution in [0, 0.1) is 6.92 Å². The molecule has 1 heterocycles. The quantitative estimate of drug-likeness (QED) is 0.696. The monoisotopic (exact) mass is 360 g/mol. The summed E-state index contributed by atoms with van der Waals surface area (Å²) in [6.45, 7) is 3.26. The van der Waals surface area contributed by atoms with Crippen LogP contribution in [0.15, 0.2) is 60.7 Å². The maximum atomic E-state index is 12.8. The molecule has 0 atom stereocenters. The van der Waals surface area contributed by atoms with Crippen LogP contribution < -0.4 is 10.2 Å². The van der Waals surface area contributed by atoms with E-state index in [0.29, 0.717) is 22.9 Å². The molecule has 3 rings (SSSR count). The van der Waals surface area contributed by atoms with Crippen molar-refractivity contribution in [2.75, 3.05) is 17.3 Å². The van der Waals surface area contributed by atoms with E-state index < -0.39 is 0 Å². The van der Waals surface area contributed by atoms with Crippen LogP contribution >= 0.6 is 0 Å². The molecule has 3 aromatic rings. The van der Waals surface area contributed by atoms with Gasteiger partial charge < -0.3 is 10.2 Å². The molecule has 6 nitrogen and oxygen atoms in total. The lowest BCUT2D eigenvalue weighted by molar-refractivity contribution is 0.0985. The van der Waals surface area contributed by atoms with Gasteiger partial charge in [-0.1, -0.05) is 18.2 Å². The number of amides is 1. The third kappa shape index (κ3) is 4.36. The number of para-hydroxylation sites is 1. The molecule has 0 bridgehead atoms. The summed E-state index contributed by atoms with van der Waals surface area (Å²) in [6, 6.07) is 18.1. The third-order valence-corrected chi connectivity index (χ3v) is 4.07. The summed E-state index contributed by atoms with van der Waals surface area (Å²) in [5.41, 5.74) is 2.50. The van der Waals surface area contributed by atoms with Crippen molar-refractivity contribution in [1.29, 1.82) is 0 Å². The van der Waals surface area contributed by atoms with Crippen molar-refractivity contribution in [3.63, 3.8) is 0 Å². The fraction of sp³-hybridized carbons (Fsp3) is 0.143. The Morgan fingerprint density at radius 3 is 2.26 bits per heavy atom. The normalized spacial score (nSPS) is 10.3.